The van der Waals surface area contributed by atoms with Gasteiger partial charge in [0.15, 0.2) is 0 Å². The van der Waals surface area contributed by atoms with E-state index >= 15 is 0 Å². The van der Waals surface area contributed by atoms with Gasteiger partial charge in [-0.25, -0.2) is 0 Å². The van der Waals surface area contributed by atoms with E-state index in [1.807, 2.05) is 0 Å². The molecule has 0 unspecified atom stereocenters. The van der Waals surface area contributed by atoms with Gasteiger partial charge in [-0.15, -0.1) is 0 Å². The summed E-state index contributed by atoms with van der Waals surface area (Å²) in [4.78, 5) is 12.1. The highest BCUT2D eigenvalue weighted by Crippen LogP contribution is 2.08. The molecule has 0 saturated carbocycles. The van der Waals surface area contributed by atoms with E-state index in [2.05, 4.69) is 4.90 Å². The number of carbonyl (C=O) groups excluding carboxylic acids is 1. The maximum atomic E-state index is 11.8. The number of nitrogens with zero attached hydrogens (tertiary/aromatic N) is 1. The van der Waals surface area contributed by atoms with Gasteiger partial charge < -0.3 is 4.90 Å². The molecule has 72 valence electrons. The van der Waals surface area contributed by atoms with Gasteiger partial charge in [-0.1, -0.05) is 6.42 Å². The maximum Gasteiger partial charge on any atom is 0.302 e. The molecule has 1 rings (SSSR count). The second kappa shape index (κ2) is 6.06. The molecule has 0 N–H and O–H groups in total. The van der Waals surface area contributed by atoms with Gasteiger partial charge in [0.2, 0.25) is 0 Å². The first kappa shape index (κ1) is 11.5. The molecule has 0 bridgehead atoms. The van der Waals surface area contributed by atoms with Crippen LogP contribution in [0.1, 0.15) is 25.7 Å². The van der Waals surface area contributed by atoms with E-state index in [1.165, 1.54) is 19.3 Å². The summed E-state index contributed by atoms with van der Waals surface area (Å²) >= 11 is 0. The first-order valence-electron chi connectivity index (χ1n) is 4.20. The minimum atomic E-state index is -1.18. The van der Waals surface area contributed by atoms with E-state index < -0.39 is 6.04 Å². The van der Waals surface area contributed by atoms with E-state index in [0.29, 0.717) is 6.54 Å². The lowest BCUT2D eigenvalue weighted by Gasteiger charge is -2.25. The van der Waals surface area contributed by atoms with Crippen molar-refractivity contribution in [3.8, 4) is 0 Å². The van der Waals surface area contributed by atoms with Crippen LogP contribution in [0.15, 0.2) is 0 Å². The van der Waals surface area contributed by atoms with Gasteiger partial charge in [0.05, 0.1) is 6.42 Å². The fourth-order valence-corrected chi connectivity index (χ4v) is 1.43. The average Bonchev–Trinajstić information content (AvgIpc) is 2.03. The highest BCUT2D eigenvalue weighted by Gasteiger charge is 2.10. The minimum absolute atomic E-state index is 0. The molecule has 0 aromatic carbocycles. The summed E-state index contributed by atoms with van der Waals surface area (Å²) in [5, 5.41) is 0. The third-order valence-corrected chi connectivity index (χ3v) is 2.07. The normalized spacial score (nSPS) is 18.4. The summed E-state index contributed by atoms with van der Waals surface area (Å²) in [5.41, 5.74) is 0. The second-order valence-corrected chi connectivity index (χ2v) is 3.01. The first-order chi connectivity index (χ1) is 5.29. The number of carbonyl (C=O) groups is 1. The summed E-state index contributed by atoms with van der Waals surface area (Å²) in [5.74, 6) is 0. The molecular weight excluding hydrogens is 164 g/mol. The summed E-state index contributed by atoms with van der Waals surface area (Å²) in [6.45, 7) is 2.68. The van der Waals surface area contributed by atoms with E-state index in [1.54, 1.807) is 0 Å². The molecule has 1 saturated heterocycles. The quantitative estimate of drug-likeness (QED) is 0.612. The van der Waals surface area contributed by atoms with Gasteiger partial charge in [0.1, 0.15) is 0 Å². The van der Waals surface area contributed by atoms with Crippen molar-refractivity contribution in [2.24, 2.45) is 0 Å². The van der Waals surface area contributed by atoms with Crippen LogP contribution < -0.4 is 0 Å². The Morgan fingerprint density at radius 2 is 1.83 bits per heavy atom. The van der Waals surface area contributed by atoms with E-state index in [0.717, 1.165) is 13.1 Å². The molecule has 0 aliphatic carbocycles. The van der Waals surface area contributed by atoms with Crippen LogP contribution in [0.2, 0.25) is 0 Å². The molecule has 0 atom stereocenters. The third-order valence-electron chi connectivity index (χ3n) is 2.07. The van der Waals surface area contributed by atoms with Crippen LogP contribution in [0.3, 0.4) is 0 Å². The number of hydrogen-bond acceptors (Lipinski definition) is 2. The average molecular weight is 179 g/mol. The number of piperidine rings is 1. The fraction of sp³-hybridized carbons (Fsp3) is 0.875. The Bertz CT molecular complexity index is 135. The lowest BCUT2D eigenvalue weighted by Crippen LogP contribution is -2.31. The second-order valence-electron chi connectivity index (χ2n) is 3.01. The van der Waals surface area contributed by atoms with Crippen molar-refractivity contribution < 1.29 is 13.9 Å². The highest BCUT2D eigenvalue weighted by molar-refractivity contribution is 5.67. The number of hydrogen-bond donors (Lipinski definition) is 0. The molecule has 0 amide bonds. The Morgan fingerprint density at radius 1 is 1.25 bits per heavy atom. The highest BCUT2D eigenvalue weighted by atomic mass is 19.1. The van der Waals surface area contributed by atoms with Crippen LogP contribution in [0.5, 0.6) is 0 Å². The van der Waals surface area contributed by atoms with Crippen molar-refractivity contribution in [3.05, 3.63) is 0 Å². The van der Waals surface area contributed by atoms with Gasteiger partial charge in [0.25, 0.3) is 0 Å². The van der Waals surface area contributed by atoms with Crippen LogP contribution in [0, 0.1) is 0 Å². The number of rotatable bonds is 3. The standard InChI is InChI=1S/C8H14FNO.FH/c9-8(11)4-7-10-5-2-1-3-6-10;/h1-7H2;1H. The van der Waals surface area contributed by atoms with Gasteiger partial charge in [0, 0.05) is 6.54 Å². The molecule has 0 aromatic heterocycles. The van der Waals surface area contributed by atoms with Crippen molar-refractivity contribution in [1.29, 1.82) is 0 Å². The van der Waals surface area contributed by atoms with Crippen molar-refractivity contribution >= 4 is 6.04 Å². The Morgan fingerprint density at radius 3 is 2.33 bits per heavy atom. The molecule has 0 radical (unpaired) electrons. The van der Waals surface area contributed by atoms with Gasteiger partial charge in [-0.2, -0.15) is 4.39 Å². The molecule has 0 spiro atoms. The molecule has 2 nitrogen and oxygen atoms in total. The smallest absolute Gasteiger partial charge is 0.302 e. The molecule has 4 heteroatoms. The van der Waals surface area contributed by atoms with Gasteiger partial charge >= 0.3 is 6.04 Å². The molecule has 0 aromatic rings. The summed E-state index contributed by atoms with van der Waals surface area (Å²) < 4.78 is 11.8. The predicted molar refractivity (Wildman–Crippen MR) is 43.5 cm³/mol. The summed E-state index contributed by atoms with van der Waals surface area (Å²) in [7, 11) is 0. The van der Waals surface area contributed by atoms with Crippen LogP contribution in [0.25, 0.3) is 0 Å². The minimum Gasteiger partial charge on any atom is -0.303 e. The predicted octanol–water partition coefficient (Wildman–Crippen LogP) is 1.51. The van der Waals surface area contributed by atoms with Crippen LogP contribution in [-0.4, -0.2) is 30.6 Å². The van der Waals surface area contributed by atoms with E-state index in [-0.39, 0.29) is 11.1 Å². The zero-order valence-corrected chi connectivity index (χ0v) is 7.09. The number of halogens is 2. The van der Waals surface area contributed by atoms with Gasteiger partial charge in [-0.05, 0) is 25.9 Å². The molecule has 12 heavy (non-hydrogen) atoms. The molecule has 1 aliphatic rings. The van der Waals surface area contributed by atoms with Crippen molar-refractivity contribution in [2.75, 3.05) is 19.6 Å². The third kappa shape index (κ3) is 4.38. The lowest BCUT2D eigenvalue weighted by atomic mass is 10.1. The van der Waals surface area contributed by atoms with Crippen molar-refractivity contribution in [2.45, 2.75) is 25.7 Å². The molecule has 1 aliphatic heterocycles. The maximum absolute atomic E-state index is 11.8. The zero-order chi connectivity index (χ0) is 8.10. The molecule has 1 fully saturated rings. The Hall–Kier alpha value is -0.510. The monoisotopic (exact) mass is 179 g/mol. The van der Waals surface area contributed by atoms with Gasteiger partial charge in [-0.3, -0.25) is 9.50 Å². The van der Waals surface area contributed by atoms with Crippen LogP contribution >= 0.6 is 0 Å². The molecule has 1 heterocycles. The largest absolute Gasteiger partial charge is 0.303 e. The van der Waals surface area contributed by atoms with E-state index in [9.17, 15) is 9.18 Å². The lowest BCUT2D eigenvalue weighted by molar-refractivity contribution is -0.129. The summed E-state index contributed by atoms with van der Waals surface area (Å²) in [6, 6.07) is -1.18. The molecular formula is C8H15F2NO. The van der Waals surface area contributed by atoms with Crippen molar-refractivity contribution in [3.63, 3.8) is 0 Å². The fourth-order valence-electron chi connectivity index (χ4n) is 1.43. The summed E-state index contributed by atoms with van der Waals surface area (Å²) in [6.07, 6.45) is 3.74. The first-order valence-corrected chi connectivity index (χ1v) is 4.20. The SMILES string of the molecule is F.O=C(F)CCN1CCCCC1. The van der Waals surface area contributed by atoms with Crippen LogP contribution in [0.4, 0.5) is 9.09 Å². The Kier molecular flexibility index (Phi) is 5.80. The van der Waals surface area contributed by atoms with Crippen LogP contribution in [-0.2, 0) is 4.79 Å². The Labute approximate surface area is 71.1 Å². The van der Waals surface area contributed by atoms with Crippen molar-refractivity contribution in [1.82, 2.24) is 4.90 Å². The van der Waals surface area contributed by atoms with E-state index in [4.69, 9.17) is 0 Å². The Balaban J connectivity index is 0.00000121. The number of likely N-dealkylation sites (tertiary alicyclic amines) is 1. The zero-order valence-electron chi connectivity index (χ0n) is 7.09. The topological polar surface area (TPSA) is 20.3 Å².